The van der Waals surface area contributed by atoms with E-state index in [1.54, 1.807) is 0 Å². The normalized spacial score (nSPS) is 17.7. The van der Waals surface area contributed by atoms with E-state index in [2.05, 4.69) is 42.5 Å². The predicted octanol–water partition coefficient (Wildman–Crippen LogP) is 6.52. The second-order valence-electron chi connectivity index (χ2n) is 7.26. The molecule has 2 aromatic rings. The second kappa shape index (κ2) is 10.5. The van der Waals surface area contributed by atoms with Gasteiger partial charge in [-0.2, -0.15) is 0 Å². The van der Waals surface area contributed by atoms with Crippen LogP contribution in [-0.4, -0.2) is 19.3 Å². The molecule has 1 atom stereocenters. The fourth-order valence-corrected chi connectivity index (χ4v) is 3.66. The summed E-state index contributed by atoms with van der Waals surface area (Å²) in [5, 5.41) is 2.52. The summed E-state index contributed by atoms with van der Waals surface area (Å²) in [4.78, 5) is 0. The van der Waals surface area contributed by atoms with Crippen molar-refractivity contribution >= 4 is 10.8 Å². The Hall–Kier alpha value is -1.54. The molecule has 0 spiro atoms. The van der Waals surface area contributed by atoms with Gasteiger partial charge in [0.05, 0.1) is 12.7 Å². The van der Waals surface area contributed by atoms with Crippen LogP contribution in [0.2, 0.25) is 0 Å². The van der Waals surface area contributed by atoms with Gasteiger partial charge >= 0.3 is 0 Å². The third-order valence-corrected chi connectivity index (χ3v) is 5.18. The molecule has 1 fully saturated rings. The molecule has 1 aliphatic rings. The maximum atomic E-state index is 5.90. The van der Waals surface area contributed by atoms with E-state index in [1.165, 1.54) is 68.6 Å². The summed E-state index contributed by atoms with van der Waals surface area (Å²) in [5.74, 6) is 0.992. The summed E-state index contributed by atoms with van der Waals surface area (Å²) in [7, 11) is 0. The molecular formula is C23H32O2. The van der Waals surface area contributed by atoms with Gasteiger partial charge in [0.25, 0.3) is 0 Å². The zero-order valence-corrected chi connectivity index (χ0v) is 15.4. The molecular weight excluding hydrogens is 308 g/mol. The Morgan fingerprint density at radius 3 is 2.48 bits per heavy atom. The van der Waals surface area contributed by atoms with Gasteiger partial charge in [0, 0.05) is 6.61 Å². The van der Waals surface area contributed by atoms with Crippen molar-refractivity contribution in [3.63, 3.8) is 0 Å². The molecule has 1 heterocycles. The molecule has 3 rings (SSSR count). The molecule has 2 nitrogen and oxygen atoms in total. The van der Waals surface area contributed by atoms with E-state index in [9.17, 15) is 0 Å². The van der Waals surface area contributed by atoms with Crippen molar-refractivity contribution in [2.45, 2.75) is 70.3 Å². The van der Waals surface area contributed by atoms with E-state index in [0.29, 0.717) is 6.10 Å². The SMILES string of the molecule is c1ccc2cc(OCCCCCCCCC3CCCCO3)ccc2c1. The Labute approximate surface area is 152 Å². The number of benzene rings is 2. The first-order valence-corrected chi connectivity index (χ1v) is 10.1. The molecule has 25 heavy (non-hydrogen) atoms. The molecule has 0 bridgehead atoms. The Balaban J connectivity index is 1.20. The Morgan fingerprint density at radius 1 is 0.840 bits per heavy atom. The molecule has 1 aliphatic heterocycles. The second-order valence-corrected chi connectivity index (χ2v) is 7.26. The van der Waals surface area contributed by atoms with E-state index >= 15 is 0 Å². The average molecular weight is 341 g/mol. The highest BCUT2D eigenvalue weighted by Crippen LogP contribution is 2.21. The van der Waals surface area contributed by atoms with Crippen LogP contribution in [0.25, 0.3) is 10.8 Å². The summed E-state index contributed by atoms with van der Waals surface area (Å²) in [6, 6.07) is 14.8. The van der Waals surface area contributed by atoms with Gasteiger partial charge in [-0.05, 0) is 55.0 Å². The summed E-state index contributed by atoms with van der Waals surface area (Å²) < 4.78 is 11.7. The fraction of sp³-hybridized carbons (Fsp3) is 0.565. The van der Waals surface area contributed by atoms with Crippen molar-refractivity contribution in [1.82, 2.24) is 0 Å². The van der Waals surface area contributed by atoms with Crippen molar-refractivity contribution in [2.24, 2.45) is 0 Å². The van der Waals surface area contributed by atoms with Gasteiger partial charge < -0.3 is 9.47 Å². The molecule has 1 unspecified atom stereocenters. The van der Waals surface area contributed by atoms with Crippen LogP contribution >= 0.6 is 0 Å². The van der Waals surface area contributed by atoms with Gasteiger partial charge in [-0.1, -0.05) is 62.4 Å². The first-order chi connectivity index (χ1) is 12.4. The monoisotopic (exact) mass is 340 g/mol. The van der Waals surface area contributed by atoms with Crippen LogP contribution in [0.3, 0.4) is 0 Å². The molecule has 0 aliphatic carbocycles. The number of unbranched alkanes of at least 4 members (excludes halogenated alkanes) is 5. The van der Waals surface area contributed by atoms with Crippen LogP contribution in [0.15, 0.2) is 42.5 Å². The molecule has 136 valence electrons. The third kappa shape index (κ3) is 6.36. The highest BCUT2D eigenvalue weighted by molar-refractivity contribution is 5.83. The molecule has 0 aromatic heterocycles. The lowest BCUT2D eigenvalue weighted by Crippen LogP contribution is -2.18. The van der Waals surface area contributed by atoms with Crippen molar-refractivity contribution in [1.29, 1.82) is 0 Å². The number of ether oxygens (including phenoxy) is 2. The standard InChI is InChI=1S/C23H32O2/c1(3-5-13-22-14-8-10-18-24-22)2-4-9-17-25-23-16-15-20-11-6-7-12-21(20)19-23/h6-7,11-12,15-16,19,22H,1-5,8-10,13-14,17-18H2. The van der Waals surface area contributed by atoms with Crippen LogP contribution in [0.5, 0.6) is 5.75 Å². The first-order valence-electron chi connectivity index (χ1n) is 10.1. The van der Waals surface area contributed by atoms with Crippen LogP contribution in [0.4, 0.5) is 0 Å². The highest BCUT2D eigenvalue weighted by Gasteiger charge is 2.12. The molecule has 1 saturated heterocycles. The fourth-order valence-electron chi connectivity index (χ4n) is 3.66. The first kappa shape index (κ1) is 18.3. The lowest BCUT2D eigenvalue weighted by atomic mass is 10.0. The molecule has 0 amide bonds. The lowest BCUT2D eigenvalue weighted by Gasteiger charge is -2.22. The minimum Gasteiger partial charge on any atom is -0.494 e. The zero-order chi connectivity index (χ0) is 17.2. The average Bonchev–Trinajstić information content (AvgIpc) is 2.67. The summed E-state index contributed by atoms with van der Waals surface area (Å²) in [5.41, 5.74) is 0. The predicted molar refractivity (Wildman–Crippen MR) is 105 cm³/mol. The Bertz CT molecular complexity index is 616. The smallest absolute Gasteiger partial charge is 0.119 e. The molecule has 0 saturated carbocycles. The Morgan fingerprint density at radius 2 is 1.64 bits per heavy atom. The summed E-state index contributed by atoms with van der Waals surface area (Å²) >= 11 is 0. The van der Waals surface area contributed by atoms with Crippen molar-refractivity contribution in [2.75, 3.05) is 13.2 Å². The topological polar surface area (TPSA) is 18.5 Å². The van der Waals surface area contributed by atoms with Gasteiger partial charge in [-0.3, -0.25) is 0 Å². The van der Waals surface area contributed by atoms with Gasteiger partial charge in [0.2, 0.25) is 0 Å². The third-order valence-electron chi connectivity index (χ3n) is 5.18. The molecule has 0 N–H and O–H groups in total. The van der Waals surface area contributed by atoms with E-state index in [4.69, 9.17) is 9.47 Å². The molecule has 0 radical (unpaired) electrons. The largest absolute Gasteiger partial charge is 0.494 e. The van der Waals surface area contributed by atoms with E-state index in [0.717, 1.165) is 25.4 Å². The van der Waals surface area contributed by atoms with Crippen LogP contribution < -0.4 is 4.74 Å². The summed E-state index contributed by atoms with van der Waals surface area (Å²) in [6.07, 6.45) is 13.5. The number of rotatable bonds is 10. The number of hydrogen-bond donors (Lipinski definition) is 0. The Kier molecular flexibility index (Phi) is 7.63. The van der Waals surface area contributed by atoms with Crippen LogP contribution in [0, 0.1) is 0 Å². The molecule has 2 aromatic carbocycles. The van der Waals surface area contributed by atoms with Crippen molar-refractivity contribution < 1.29 is 9.47 Å². The number of fused-ring (bicyclic) bond motifs is 1. The maximum absolute atomic E-state index is 5.90. The summed E-state index contributed by atoms with van der Waals surface area (Å²) in [6.45, 7) is 1.82. The van der Waals surface area contributed by atoms with Gasteiger partial charge in [0.15, 0.2) is 0 Å². The van der Waals surface area contributed by atoms with E-state index < -0.39 is 0 Å². The van der Waals surface area contributed by atoms with Gasteiger partial charge in [0.1, 0.15) is 5.75 Å². The minimum atomic E-state index is 0.559. The van der Waals surface area contributed by atoms with Gasteiger partial charge in [-0.25, -0.2) is 0 Å². The highest BCUT2D eigenvalue weighted by atomic mass is 16.5. The van der Waals surface area contributed by atoms with Gasteiger partial charge in [-0.15, -0.1) is 0 Å². The van der Waals surface area contributed by atoms with Crippen molar-refractivity contribution in [3.8, 4) is 5.75 Å². The number of hydrogen-bond acceptors (Lipinski definition) is 2. The lowest BCUT2D eigenvalue weighted by molar-refractivity contribution is 0.00977. The molecule has 2 heteroatoms. The maximum Gasteiger partial charge on any atom is 0.119 e. The van der Waals surface area contributed by atoms with Crippen LogP contribution in [0.1, 0.15) is 64.2 Å². The quantitative estimate of drug-likeness (QED) is 0.458. The van der Waals surface area contributed by atoms with Crippen LogP contribution in [-0.2, 0) is 4.74 Å². The van der Waals surface area contributed by atoms with E-state index in [-0.39, 0.29) is 0 Å². The minimum absolute atomic E-state index is 0.559. The van der Waals surface area contributed by atoms with E-state index in [1.807, 2.05) is 0 Å². The van der Waals surface area contributed by atoms with Crippen molar-refractivity contribution in [3.05, 3.63) is 42.5 Å². The zero-order valence-electron chi connectivity index (χ0n) is 15.4.